The minimum Gasteiger partial charge on any atom is -0.466 e. The molecule has 0 amide bonds. The van der Waals surface area contributed by atoms with Crippen molar-refractivity contribution in [3.8, 4) is 0 Å². The lowest BCUT2D eigenvalue weighted by Crippen LogP contribution is -2.27. The summed E-state index contributed by atoms with van der Waals surface area (Å²) in [5, 5.41) is 4.67. The van der Waals surface area contributed by atoms with Crippen LogP contribution >= 0.6 is 11.3 Å². The first-order valence-corrected chi connectivity index (χ1v) is 6.88. The Morgan fingerprint density at radius 3 is 2.64 bits per heavy atom. The van der Waals surface area contributed by atoms with Crippen LogP contribution in [0.15, 0.2) is 16.5 Å². The molecule has 0 unspecified atom stereocenters. The number of alkyl halides is 3. The minimum absolute atomic E-state index is 0.0333. The van der Waals surface area contributed by atoms with Gasteiger partial charge in [0.1, 0.15) is 4.88 Å². The van der Waals surface area contributed by atoms with Crippen molar-refractivity contribution in [3.05, 3.63) is 16.3 Å². The molecule has 0 saturated carbocycles. The maximum absolute atomic E-state index is 12.8. The predicted octanol–water partition coefficient (Wildman–Crippen LogP) is 2.82. The molecule has 0 aromatic carbocycles. The number of ether oxygens (including phenoxy) is 2. The average Bonchev–Trinajstić information content (AvgIpc) is 2.90. The van der Waals surface area contributed by atoms with Gasteiger partial charge in [-0.2, -0.15) is 18.3 Å². The molecule has 0 saturated heterocycles. The van der Waals surface area contributed by atoms with E-state index in [0.29, 0.717) is 0 Å². The number of hydrogen-bond acceptors (Lipinski definition) is 7. The highest BCUT2D eigenvalue weighted by atomic mass is 32.1. The van der Waals surface area contributed by atoms with E-state index >= 15 is 0 Å². The highest BCUT2D eigenvalue weighted by Crippen LogP contribution is 2.25. The Morgan fingerprint density at radius 2 is 2.09 bits per heavy atom. The van der Waals surface area contributed by atoms with E-state index in [1.54, 1.807) is 0 Å². The molecular weight excluding hydrogens is 325 g/mol. The lowest BCUT2D eigenvalue weighted by atomic mass is 10.2. The van der Waals surface area contributed by atoms with Crippen molar-refractivity contribution >= 4 is 34.7 Å². The van der Waals surface area contributed by atoms with Crippen LogP contribution in [-0.2, 0) is 14.3 Å². The second-order valence-corrected chi connectivity index (χ2v) is 4.72. The smallest absolute Gasteiger partial charge is 0.431 e. The summed E-state index contributed by atoms with van der Waals surface area (Å²) in [6.07, 6.45) is -5.83. The number of hydrazone groups is 1. The van der Waals surface area contributed by atoms with Crippen molar-refractivity contribution in [2.75, 3.05) is 19.1 Å². The molecule has 0 bridgehead atoms. The first-order valence-electron chi connectivity index (χ1n) is 6.00. The van der Waals surface area contributed by atoms with E-state index < -0.39 is 30.2 Å². The zero-order valence-corrected chi connectivity index (χ0v) is 12.5. The number of nitrogens with one attached hydrogen (secondary N) is 1. The number of hydrogen-bond donors (Lipinski definition) is 1. The Morgan fingerprint density at radius 1 is 1.41 bits per heavy atom. The van der Waals surface area contributed by atoms with Gasteiger partial charge < -0.3 is 9.47 Å². The molecule has 22 heavy (non-hydrogen) atoms. The summed E-state index contributed by atoms with van der Waals surface area (Å²) >= 11 is 0.984. The molecule has 0 atom stereocenters. The molecule has 0 spiro atoms. The number of esters is 2. The van der Waals surface area contributed by atoms with Crippen molar-refractivity contribution in [2.24, 2.45) is 5.10 Å². The molecule has 1 rings (SSSR count). The number of anilines is 1. The van der Waals surface area contributed by atoms with Crippen molar-refractivity contribution in [1.29, 1.82) is 0 Å². The zero-order chi connectivity index (χ0) is 16.8. The molecule has 1 aromatic rings. The Kier molecular flexibility index (Phi) is 6.35. The number of nitrogens with zero attached hydrogens (tertiary/aromatic N) is 1. The lowest BCUT2D eigenvalue weighted by molar-refractivity contribution is -0.142. The predicted molar refractivity (Wildman–Crippen MR) is 74.0 cm³/mol. The zero-order valence-electron chi connectivity index (χ0n) is 11.7. The summed E-state index contributed by atoms with van der Waals surface area (Å²) in [7, 11) is 1.15. The van der Waals surface area contributed by atoms with Gasteiger partial charge in [0, 0.05) is 0 Å². The fourth-order valence-corrected chi connectivity index (χ4v) is 2.09. The lowest BCUT2D eigenvalue weighted by Gasteiger charge is -2.10. The molecule has 0 radical (unpaired) electrons. The highest BCUT2D eigenvalue weighted by Gasteiger charge is 2.37. The van der Waals surface area contributed by atoms with Gasteiger partial charge in [0.15, 0.2) is 5.71 Å². The fraction of sp³-hybridized carbons (Fsp3) is 0.417. The second-order valence-electron chi connectivity index (χ2n) is 3.80. The number of halogens is 3. The quantitative estimate of drug-likeness (QED) is 0.490. The van der Waals surface area contributed by atoms with E-state index in [9.17, 15) is 22.8 Å². The minimum atomic E-state index is -4.80. The second kappa shape index (κ2) is 7.78. The van der Waals surface area contributed by atoms with Crippen LogP contribution in [0.25, 0.3) is 0 Å². The molecule has 0 aliphatic rings. The van der Waals surface area contributed by atoms with E-state index in [2.05, 4.69) is 20.0 Å². The van der Waals surface area contributed by atoms with Gasteiger partial charge in [0.25, 0.3) is 0 Å². The standard InChI is InChI=1S/C12H13F3N2O4S/c1-3-21-9(18)6-8(12(13,14)15)17-16-7-4-5-22-10(7)11(19)20-2/h4-5,16H,3,6H2,1-2H3/b17-8+. The average molecular weight is 338 g/mol. The Bertz CT molecular complexity index is 569. The van der Waals surface area contributed by atoms with E-state index in [1.165, 1.54) is 18.4 Å². The molecule has 1 N–H and O–H groups in total. The third-order valence-electron chi connectivity index (χ3n) is 2.29. The Hall–Kier alpha value is -2.10. The van der Waals surface area contributed by atoms with E-state index in [0.717, 1.165) is 18.4 Å². The van der Waals surface area contributed by atoms with Gasteiger partial charge in [-0.1, -0.05) is 0 Å². The van der Waals surface area contributed by atoms with Crippen molar-refractivity contribution < 1.29 is 32.2 Å². The summed E-state index contributed by atoms with van der Waals surface area (Å²) in [5.74, 6) is -1.74. The summed E-state index contributed by atoms with van der Waals surface area (Å²) < 4.78 is 47.4. The van der Waals surface area contributed by atoms with Gasteiger partial charge in [0.05, 0.1) is 25.8 Å². The fourth-order valence-electron chi connectivity index (χ4n) is 1.33. The van der Waals surface area contributed by atoms with Crippen molar-refractivity contribution in [2.45, 2.75) is 19.5 Å². The van der Waals surface area contributed by atoms with Gasteiger partial charge in [0.2, 0.25) is 0 Å². The van der Waals surface area contributed by atoms with Gasteiger partial charge in [-0.05, 0) is 18.4 Å². The summed E-state index contributed by atoms with van der Waals surface area (Å²) in [5.41, 5.74) is 0.836. The maximum atomic E-state index is 12.8. The number of carbonyl (C=O) groups excluding carboxylic acids is 2. The molecule has 0 aliphatic carbocycles. The van der Waals surface area contributed by atoms with Crippen LogP contribution in [0.5, 0.6) is 0 Å². The van der Waals surface area contributed by atoms with Crippen LogP contribution < -0.4 is 5.43 Å². The third kappa shape index (κ3) is 5.02. The molecule has 6 nitrogen and oxygen atoms in total. The third-order valence-corrected chi connectivity index (χ3v) is 3.19. The monoisotopic (exact) mass is 338 g/mol. The van der Waals surface area contributed by atoms with Crippen molar-refractivity contribution in [1.82, 2.24) is 0 Å². The highest BCUT2D eigenvalue weighted by molar-refractivity contribution is 7.12. The van der Waals surface area contributed by atoms with Gasteiger partial charge in [-0.25, -0.2) is 4.79 Å². The van der Waals surface area contributed by atoms with Crippen LogP contribution in [0.2, 0.25) is 0 Å². The van der Waals surface area contributed by atoms with Crippen LogP contribution in [0.1, 0.15) is 23.0 Å². The summed E-state index contributed by atoms with van der Waals surface area (Å²) in [6, 6.07) is 1.37. The normalized spacial score (nSPS) is 12.0. The first kappa shape index (κ1) is 18.0. The van der Waals surface area contributed by atoms with Gasteiger partial charge >= 0.3 is 18.1 Å². The van der Waals surface area contributed by atoms with Crippen LogP contribution in [0.4, 0.5) is 18.9 Å². The Labute approximate surface area is 127 Å². The number of methoxy groups -OCH3 is 1. The molecule has 0 aliphatic heterocycles. The molecule has 10 heteroatoms. The number of carbonyl (C=O) groups is 2. The maximum Gasteiger partial charge on any atom is 0.431 e. The van der Waals surface area contributed by atoms with E-state index in [-0.39, 0.29) is 17.2 Å². The number of rotatable bonds is 6. The Balaban J connectivity index is 2.93. The van der Waals surface area contributed by atoms with E-state index in [4.69, 9.17) is 0 Å². The topological polar surface area (TPSA) is 77.0 Å². The molecule has 1 aromatic heterocycles. The van der Waals surface area contributed by atoms with Gasteiger partial charge in [-0.15, -0.1) is 11.3 Å². The van der Waals surface area contributed by atoms with Crippen LogP contribution in [0.3, 0.4) is 0 Å². The summed E-state index contributed by atoms with van der Waals surface area (Å²) in [6.45, 7) is 1.45. The van der Waals surface area contributed by atoms with Gasteiger partial charge in [-0.3, -0.25) is 10.2 Å². The molecule has 0 fully saturated rings. The largest absolute Gasteiger partial charge is 0.466 e. The molecule has 122 valence electrons. The number of thiophene rings is 1. The first-order chi connectivity index (χ1) is 10.3. The van der Waals surface area contributed by atoms with Crippen LogP contribution in [-0.4, -0.2) is 37.5 Å². The van der Waals surface area contributed by atoms with Crippen molar-refractivity contribution in [3.63, 3.8) is 0 Å². The SMILES string of the molecule is CCOC(=O)C/C(=N\Nc1ccsc1C(=O)OC)C(F)(F)F. The van der Waals surface area contributed by atoms with Crippen LogP contribution in [0, 0.1) is 0 Å². The molecule has 1 heterocycles. The van der Waals surface area contributed by atoms with E-state index in [1.807, 2.05) is 0 Å². The molecular formula is C12H13F3N2O4S. The summed E-state index contributed by atoms with van der Waals surface area (Å²) in [4.78, 5) is 22.7.